The molecule has 0 spiro atoms. The molecule has 2 nitrogen and oxygen atoms in total. The lowest BCUT2D eigenvalue weighted by atomic mass is 9.94. The second kappa shape index (κ2) is 12.2. The molecule has 2 heterocycles. The van der Waals surface area contributed by atoms with E-state index in [1.54, 1.807) is 11.1 Å². The molecule has 0 aliphatic heterocycles. The van der Waals surface area contributed by atoms with Crippen LogP contribution in [0.15, 0.2) is 97.6 Å². The van der Waals surface area contributed by atoms with Crippen molar-refractivity contribution in [3.05, 3.63) is 154 Å². The van der Waals surface area contributed by atoms with Crippen molar-refractivity contribution in [3.8, 4) is 22.5 Å². The van der Waals surface area contributed by atoms with E-state index in [1.807, 2.05) is 6.08 Å². The van der Waals surface area contributed by atoms with Gasteiger partial charge >= 0.3 is 0 Å². The normalized spacial score (nSPS) is 14.6. The van der Waals surface area contributed by atoms with E-state index in [2.05, 4.69) is 132 Å². The van der Waals surface area contributed by atoms with Crippen molar-refractivity contribution in [2.24, 2.45) is 0 Å². The fraction of sp³-hybridized carbons (Fsp3) is 0.227. The first kappa shape index (κ1) is 28.6. The highest BCUT2D eigenvalue weighted by Gasteiger charge is 2.24. The second-order valence-corrected chi connectivity index (χ2v) is 13.0. The largest absolute Gasteiger partial charge is 0.310 e. The maximum Gasteiger partial charge on any atom is 0.0494 e. The fourth-order valence-electron chi connectivity index (χ4n) is 7.96. The van der Waals surface area contributed by atoms with Gasteiger partial charge < -0.3 is 9.13 Å². The highest BCUT2D eigenvalue weighted by atomic mass is 15.0. The maximum atomic E-state index is 4.20. The highest BCUT2D eigenvalue weighted by molar-refractivity contribution is 5.71. The van der Waals surface area contributed by atoms with Gasteiger partial charge in [0.05, 0.1) is 0 Å². The molecule has 2 heteroatoms. The van der Waals surface area contributed by atoms with Crippen molar-refractivity contribution < 1.29 is 0 Å². The van der Waals surface area contributed by atoms with Crippen LogP contribution in [0.3, 0.4) is 0 Å². The van der Waals surface area contributed by atoms with Crippen LogP contribution in [0.2, 0.25) is 0 Å². The van der Waals surface area contributed by atoms with Crippen LogP contribution in [0.4, 0.5) is 0 Å². The van der Waals surface area contributed by atoms with Crippen LogP contribution >= 0.6 is 0 Å². The van der Waals surface area contributed by atoms with E-state index >= 15 is 0 Å². The van der Waals surface area contributed by atoms with Crippen LogP contribution in [0, 0.1) is 0 Å². The Bertz CT molecular complexity index is 1960. The van der Waals surface area contributed by atoms with E-state index in [4.69, 9.17) is 0 Å². The Labute approximate surface area is 273 Å². The first-order valence-corrected chi connectivity index (χ1v) is 17.2. The van der Waals surface area contributed by atoms with Crippen molar-refractivity contribution >= 4 is 24.3 Å². The molecular weight excluding hydrogens is 556 g/mol. The summed E-state index contributed by atoms with van der Waals surface area (Å²) in [4.78, 5) is 0. The number of hydrogen-bond donors (Lipinski definition) is 0. The van der Waals surface area contributed by atoms with E-state index in [0.29, 0.717) is 0 Å². The zero-order valence-electron chi connectivity index (χ0n) is 26.9. The van der Waals surface area contributed by atoms with Gasteiger partial charge in [-0.05, 0) is 144 Å². The lowest BCUT2D eigenvalue weighted by Crippen LogP contribution is -2.02. The van der Waals surface area contributed by atoms with Crippen LogP contribution in [0.5, 0.6) is 0 Å². The lowest BCUT2D eigenvalue weighted by molar-refractivity contribution is 0.886. The van der Waals surface area contributed by atoms with Crippen LogP contribution in [0.1, 0.15) is 88.8 Å². The number of allylic oxidation sites excluding steroid dienone is 3. The SMILES string of the molecule is C=Cc1c(CCC)c2c(n1-c1ccc(-c3ccc(Cc4ccc(-n5c6c(c7c5C=CCC7)CCC=C6)cc4)cc3)cc1)C=CCC2. The molecule has 228 valence electrons. The molecule has 2 aromatic heterocycles. The van der Waals surface area contributed by atoms with Gasteiger partial charge in [0.15, 0.2) is 0 Å². The zero-order valence-corrected chi connectivity index (χ0v) is 26.9. The van der Waals surface area contributed by atoms with E-state index in [9.17, 15) is 0 Å². The summed E-state index contributed by atoms with van der Waals surface area (Å²) in [6.45, 7) is 6.47. The molecule has 0 amide bonds. The Morgan fingerprint density at radius 1 is 0.587 bits per heavy atom. The summed E-state index contributed by atoms with van der Waals surface area (Å²) in [6.07, 6.45) is 26.0. The Hall–Kier alpha value is -4.82. The minimum atomic E-state index is 0.928. The van der Waals surface area contributed by atoms with Crippen molar-refractivity contribution in [1.82, 2.24) is 9.13 Å². The van der Waals surface area contributed by atoms with E-state index < -0.39 is 0 Å². The number of rotatable bonds is 8. The maximum absolute atomic E-state index is 4.20. The monoisotopic (exact) mass is 598 g/mol. The summed E-state index contributed by atoms with van der Waals surface area (Å²) in [5, 5.41) is 0. The molecule has 0 saturated carbocycles. The Morgan fingerprint density at radius 2 is 1.04 bits per heavy atom. The third-order valence-electron chi connectivity index (χ3n) is 10.1. The number of nitrogens with zero attached hydrogens (tertiary/aromatic N) is 2. The van der Waals surface area contributed by atoms with Gasteiger partial charge in [-0.3, -0.25) is 0 Å². The van der Waals surface area contributed by atoms with Gasteiger partial charge in [-0.25, -0.2) is 0 Å². The van der Waals surface area contributed by atoms with E-state index in [1.165, 1.54) is 67.5 Å². The summed E-state index contributed by atoms with van der Waals surface area (Å²) in [7, 11) is 0. The molecule has 0 atom stereocenters. The number of benzene rings is 3. The van der Waals surface area contributed by atoms with Crippen molar-refractivity contribution in [2.45, 2.75) is 64.7 Å². The van der Waals surface area contributed by atoms with Crippen LogP contribution < -0.4 is 0 Å². The molecule has 5 aromatic rings. The van der Waals surface area contributed by atoms with Gasteiger partial charge in [-0.2, -0.15) is 0 Å². The molecule has 0 fully saturated rings. The Kier molecular flexibility index (Phi) is 7.58. The number of hydrogen-bond acceptors (Lipinski definition) is 0. The number of aromatic nitrogens is 2. The Balaban J connectivity index is 1.01. The van der Waals surface area contributed by atoms with Crippen molar-refractivity contribution in [2.75, 3.05) is 0 Å². The summed E-state index contributed by atoms with van der Waals surface area (Å²) in [5.41, 5.74) is 19.1. The molecule has 0 radical (unpaired) electrons. The van der Waals surface area contributed by atoms with E-state index in [0.717, 1.165) is 57.8 Å². The van der Waals surface area contributed by atoms with Crippen LogP contribution in [-0.2, 0) is 32.1 Å². The molecule has 0 unspecified atom stereocenters. The van der Waals surface area contributed by atoms with E-state index in [-0.39, 0.29) is 0 Å². The molecule has 3 aliphatic rings. The molecule has 46 heavy (non-hydrogen) atoms. The smallest absolute Gasteiger partial charge is 0.0494 e. The summed E-state index contributed by atoms with van der Waals surface area (Å²) in [6, 6.07) is 27.4. The first-order chi connectivity index (χ1) is 22.7. The van der Waals surface area contributed by atoms with Crippen molar-refractivity contribution in [3.63, 3.8) is 0 Å². The third-order valence-corrected chi connectivity index (χ3v) is 10.1. The van der Waals surface area contributed by atoms with Crippen molar-refractivity contribution in [1.29, 1.82) is 0 Å². The molecular formula is C44H42N2. The molecule has 3 aliphatic carbocycles. The van der Waals surface area contributed by atoms with Gasteiger partial charge in [-0.15, -0.1) is 0 Å². The van der Waals surface area contributed by atoms with Gasteiger partial charge in [0.25, 0.3) is 0 Å². The average molecular weight is 599 g/mol. The fourth-order valence-corrected chi connectivity index (χ4v) is 7.96. The zero-order chi connectivity index (χ0) is 31.0. The molecule has 8 rings (SSSR count). The molecule has 0 N–H and O–H groups in total. The van der Waals surface area contributed by atoms with Gasteiger partial charge in [0.2, 0.25) is 0 Å². The highest BCUT2D eigenvalue weighted by Crippen LogP contribution is 2.36. The lowest BCUT2D eigenvalue weighted by Gasteiger charge is -2.14. The molecule has 0 saturated heterocycles. The topological polar surface area (TPSA) is 9.86 Å². The van der Waals surface area contributed by atoms with Crippen LogP contribution in [0.25, 0.3) is 46.8 Å². The molecule has 0 bridgehead atoms. The summed E-state index contributed by atoms with van der Waals surface area (Å²) < 4.78 is 4.89. The predicted octanol–water partition coefficient (Wildman–Crippen LogP) is 11.0. The quantitative estimate of drug-likeness (QED) is 0.168. The van der Waals surface area contributed by atoms with Gasteiger partial charge in [-0.1, -0.05) is 86.7 Å². The minimum Gasteiger partial charge on any atom is -0.310 e. The number of fused-ring (bicyclic) bond motifs is 4. The summed E-state index contributed by atoms with van der Waals surface area (Å²) >= 11 is 0. The first-order valence-electron chi connectivity index (χ1n) is 17.2. The average Bonchev–Trinajstić information content (AvgIpc) is 3.62. The molecule has 3 aromatic carbocycles. The van der Waals surface area contributed by atoms with Gasteiger partial charge in [0.1, 0.15) is 0 Å². The standard InChI is InChI=1S/C44H42N2/c1-3-11-37-38-12-5-8-15-42(38)45(41(37)4-2)36-28-24-34(25-29-36)33-22-18-31(19-23-33)30-32-20-26-35(27-21-32)46-43-16-9-6-13-39(43)40-14-7-10-17-44(40)46/h4,8-10,15-29H,2-3,5-7,11-14,30H2,1H3. The Morgan fingerprint density at radius 3 is 1.59 bits per heavy atom. The third kappa shape index (κ3) is 4.97. The summed E-state index contributed by atoms with van der Waals surface area (Å²) in [5.74, 6) is 0. The predicted molar refractivity (Wildman–Crippen MR) is 196 cm³/mol. The second-order valence-electron chi connectivity index (χ2n) is 13.0. The van der Waals surface area contributed by atoms with Gasteiger partial charge in [0, 0.05) is 34.2 Å². The van der Waals surface area contributed by atoms with Crippen LogP contribution in [-0.4, -0.2) is 9.13 Å². The minimum absolute atomic E-state index is 0.928.